The fraction of sp³-hybridized carbons (Fsp3) is 0.520. The predicted molar refractivity (Wildman–Crippen MR) is 134 cm³/mol. The van der Waals surface area contributed by atoms with Crippen LogP contribution in [0.4, 0.5) is 22.2 Å². The Bertz CT molecular complexity index is 1220. The first-order valence-corrected chi connectivity index (χ1v) is 12.2. The van der Waals surface area contributed by atoms with Gasteiger partial charge in [-0.3, -0.25) is 10.1 Å². The van der Waals surface area contributed by atoms with Crippen molar-refractivity contribution in [3.63, 3.8) is 0 Å². The van der Waals surface area contributed by atoms with Crippen molar-refractivity contribution in [2.45, 2.75) is 83.7 Å². The van der Waals surface area contributed by atoms with Gasteiger partial charge in [0, 0.05) is 41.3 Å². The minimum absolute atomic E-state index is 0.130. The maximum absolute atomic E-state index is 12.8. The molecule has 186 valence electrons. The number of aromatic nitrogens is 4. The molecule has 2 aliphatic heterocycles. The van der Waals surface area contributed by atoms with E-state index >= 15 is 0 Å². The first-order chi connectivity index (χ1) is 16.7. The molecular weight excluding hydrogens is 446 g/mol. The van der Waals surface area contributed by atoms with Crippen LogP contribution in [0.15, 0.2) is 24.3 Å². The van der Waals surface area contributed by atoms with Crippen LogP contribution in [0.5, 0.6) is 0 Å². The number of nitrogens with one attached hydrogen (secondary N) is 3. The number of ether oxygens (including phenoxy) is 1. The number of aliphatic hydroxyl groups excluding tert-OH is 1. The molecule has 3 aromatic rings. The molecule has 0 spiro atoms. The molecule has 2 atom stereocenters. The lowest BCUT2D eigenvalue weighted by molar-refractivity contribution is 0.00683. The van der Waals surface area contributed by atoms with E-state index in [-0.39, 0.29) is 30.8 Å². The van der Waals surface area contributed by atoms with Gasteiger partial charge in [-0.25, -0.2) is 9.78 Å². The highest BCUT2D eigenvalue weighted by Gasteiger charge is 2.45. The van der Waals surface area contributed by atoms with E-state index in [1.165, 1.54) is 0 Å². The molecular formula is C25H33N7O3. The van der Waals surface area contributed by atoms with Gasteiger partial charge in [0.05, 0.1) is 17.8 Å². The summed E-state index contributed by atoms with van der Waals surface area (Å²) in [4.78, 5) is 24.2. The number of aryl methyl sites for hydroxylation is 1. The summed E-state index contributed by atoms with van der Waals surface area (Å²) in [6, 6.07) is 7.99. The molecule has 5 rings (SSSR count). The molecule has 10 nitrogen and oxygen atoms in total. The average molecular weight is 480 g/mol. The third-order valence-corrected chi connectivity index (χ3v) is 6.55. The lowest BCUT2D eigenvalue weighted by Crippen LogP contribution is -2.51. The second kappa shape index (κ2) is 8.99. The molecule has 0 radical (unpaired) electrons. The molecule has 2 aliphatic rings. The van der Waals surface area contributed by atoms with Gasteiger partial charge in [-0.05, 0) is 65.5 Å². The highest BCUT2D eigenvalue weighted by Crippen LogP contribution is 2.38. The van der Waals surface area contributed by atoms with Crippen molar-refractivity contribution in [3.8, 4) is 0 Å². The van der Waals surface area contributed by atoms with Crippen molar-refractivity contribution >= 4 is 34.4 Å². The summed E-state index contributed by atoms with van der Waals surface area (Å²) in [6.07, 6.45) is 3.41. The van der Waals surface area contributed by atoms with Gasteiger partial charge in [0.25, 0.3) is 0 Å². The zero-order valence-electron chi connectivity index (χ0n) is 20.6. The molecule has 2 saturated heterocycles. The number of rotatable bonds is 5. The van der Waals surface area contributed by atoms with E-state index in [4.69, 9.17) is 9.72 Å². The van der Waals surface area contributed by atoms with Gasteiger partial charge in [-0.2, -0.15) is 5.10 Å². The summed E-state index contributed by atoms with van der Waals surface area (Å²) < 4.78 is 5.67. The monoisotopic (exact) mass is 479 g/mol. The fourth-order valence-electron chi connectivity index (χ4n) is 5.15. The highest BCUT2D eigenvalue weighted by atomic mass is 16.6. The Labute approximate surface area is 204 Å². The lowest BCUT2D eigenvalue weighted by atomic mass is 9.97. The van der Waals surface area contributed by atoms with Crippen molar-refractivity contribution < 1.29 is 14.6 Å². The fourth-order valence-corrected chi connectivity index (χ4v) is 5.15. The molecule has 0 aliphatic carbocycles. The second-order valence-corrected chi connectivity index (χ2v) is 10.5. The van der Waals surface area contributed by atoms with Crippen LogP contribution in [0.2, 0.25) is 0 Å². The van der Waals surface area contributed by atoms with Crippen LogP contribution in [0.1, 0.15) is 57.8 Å². The number of pyridine rings is 2. The molecule has 10 heteroatoms. The normalized spacial score (nSPS) is 21.9. The largest absolute Gasteiger partial charge is 0.444 e. The van der Waals surface area contributed by atoms with E-state index in [1.54, 1.807) is 0 Å². The molecule has 2 fully saturated rings. The number of amides is 1. The highest BCUT2D eigenvalue weighted by molar-refractivity contribution is 5.91. The van der Waals surface area contributed by atoms with Crippen LogP contribution >= 0.6 is 0 Å². The number of carbonyl (C=O) groups is 1. The Morgan fingerprint density at radius 1 is 1.17 bits per heavy atom. The third kappa shape index (κ3) is 5.02. The summed E-state index contributed by atoms with van der Waals surface area (Å²) in [5.74, 6) is 2.01. The van der Waals surface area contributed by atoms with Gasteiger partial charge >= 0.3 is 6.09 Å². The number of piperidine rings is 1. The van der Waals surface area contributed by atoms with Crippen molar-refractivity contribution in [1.82, 2.24) is 25.1 Å². The van der Waals surface area contributed by atoms with Crippen molar-refractivity contribution in [2.24, 2.45) is 0 Å². The summed E-state index contributed by atoms with van der Waals surface area (Å²) in [7, 11) is 0. The standard InChI is InChI=1S/C25H33N7O3/c1-14-9-22(31-30-14)28-21-12-20-19(8-5-15(13-33)26-20)23(29-21)27-16-10-17-6-7-18(11-16)32(17)24(34)35-25(2,3)4/h5,8-9,12,16-18,33H,6-7,10-11,13H2,1-4H3,(H3,27,28,29,30,31)/t17-,18-/m0/s1. The Morgan fingerprint density at radius 3 is 2.54 bits per heavy atom. The maximum atomic E-state index is 12.8. The number of hydrogen-bond donors (Lipinski definition) is 4. The van der Waals surface area contributed by atoms with Crippen LogP contribution in [0.3, 0.4) is 0 Å². The van der Waals surface area contributed by atoms with E-state index in [1.807, 2.05) is 56.9 Å². The average Bonchev–Trinajstić information content (AvgIpc) is 3.31. The van der Waals surface area contributed by atoms with Gasteiger partial charge in [-0.1, -0.05) is 0 Å². The number of hydrogen-bond acceptors (Lipinski definition) is 8. The number of H-pyrrole nitrogens is 1. The summed E-state index contributed by atoms with van der Waals surface area (Å²) in [6.45, 7) is 7.51. The van der Waals surface area contributed by atoms with Gasteiger partial charge in [0.2, 0.25) is 0 Å². The summed E-state index contributed by atoms with van der Waals surface area (Å²) in [5, 5.41) is 24.5. The number of fused-ring (bicyclic) bond motifs is 3. The number of aromatic amines is 1. The van der Waals surface area contributed by atoms with Crippen LogP contribution in [0.25, 0.3) is 10.9 Å². The van der Waals surface area contributed by atoms with E-state index in [0.717, 1.165) is 48.1 Å². The Kier molecular flexibility index (Phi) is 6.00. The molecule has 35 heavy (non-hydrogen) atoms. The van der Waals surface area contributed by atoms with Gasteiger partial charge in [-0.15, -0.1) is 0 Å². The predicted octanol–water partition coefficient (Wildman–Crippen LogP) is 4.24. The summed E-state index contributed by atoms with van der Waals surface area (Å²) >= 11 is 0. The van der Waals surface area contributed by atoms with E-state index in [9.17, 15) is 9.90 Å². The first kappa shape index (κ1) is 23.3. The molecule has 0 unspecified atom stereocenters. The van der Waals surface area contributed by atoms with Gasteiger partial charge < -0.3 is 25.4 Å². The first-order valence-electron chi connectivity index (χ1n) is 12.2. The van der Waals surface area contributed by atoms with Crippen molar-refractivity contribution in [2.75, 3.05) is 10.6 Å². The number of nitrogens with zero attached hydrogens (tertiary/aromatic N) is 4. The van der Waals surface area contributed by atoms with Gasteiger partial charge in [0.15, 0.2) is 5.82 Å². The molecule has 4 N–H and O–H groups in total. The van der Waals surface area contributed by atoms with Crippen LogP contribution < -0.4 is 10.6 Å². The maximum Gasteiger partial charge on any atom is 0.410 e. The Morgan fingerprint density at radius 2 is 1.91 bits per heavy atom. The van der Waals surface area contributed by atoms with E-state index in [0.29, 0.717) is 17.3 Å². The molecule has 0 aromatic carbocycles. The van der Waals surface area contributed by atoms with Crippen LogP contribution in [-0.4, -0.2) is 60.0 Å². The van der Waals surface area contributed by atoms with Gasteiger partial charge in [0.1, 0.15) is 17.2 Å². The molecule has 5 heterocycles. The van der Waals surface area contributed by atoms with Crippen molar-refractivity contribution in [1.29, 1.82) is 0 Å². The molecule has 2 bridgehead atoms. The minimum atomic E-state index is -0.505. The quantitative estimate of drug-likeness (QED) is 0.428. The topological polar surface area (TPSA) is 128 Å². The Hall–Kier alpha value is -3.40. The zero-order valence-corrected chi connectivity index (χ0v) is 20.6. The molecule has 3 aromatic heterocycles. The van der Waals surface area contributed by atoms with E-state index < -0.39 is 5.60 Å². The zero-order chi connectivity index (χ0) is 24.7. The molecule has 1 amide bonds. The van der Waals surface area contributed by atoms with Crippen LogP contribution in [0, 0.1) is 6.92 Å². The number of aliphatic hydroxyl groups is 1. The SMILES string of the molecule is Cc1cc(Nc2cc3nc(CO)ccc3c(NC3C[C@@H]4CC[C@@H](C3)N4C(=O)OC(C)(C)C)n2)n[nH]1. The smallest absolute Gasteiger partial charge is 0.410 e. The third-order valence-electron chi connectivity index (χ3n) is 6.55. The van der Waals surface area contributed by atoms with Crippen molar-refractivity contribution in [3.05, 3.63) is 35.7 Å². The lowest BCUT2D eigenvalue weighted by Gasteiger charge is -2.39. The molecule has 0 saturated carbocycles. The second-order valence-electron chi connectivity index (χ2n) is 10.5. The Balaban J connectivity index is 1.39. The summed E-state index contributed by atoms with van der Waals surface area (Å²) in [5.41, 5.74) is 1.77. The van der Waals surface area contributed by atoms with Crippen LogP contribution in [-0.2, 0) is 11.3 Å². The number of anilines is 3. The van der Waals surface area contributed by atoms with E-state index in [2.05, 4.69) is 25.8 Å². The number of carbonyl (C=O) groups excluding carboxylic acids is 1. The minimum Gasteiger partial charge on any atom is -0.444 e.